The Bertz CT molecular complexity index is 93.1. The van der Waals surface area contributed by atoms with E-state index in [0.717, 1.165) is 6.29 Å². The molecular formula is C5H7BO2. The van der Waals surface area contributed by atoms with Gasteiger partial charge in [0.1, 0.15) is 6.29 Å². The van der Waals surface area contributed by atoms with Crippen molar-refractivity contribution in [3.05, 3.63) is 0 Å². The number of carbonyl (C=O) groups excluding carboxylic acids is 1. The van der Waals surface area contributed by atoms with Crippen molar-refractivity contribution in [3.63, 3.8) is 0 Å². The second kappa shape index (κ2) is 1.90. The van der Waals surface area contributed by atoms with Gasteiger partial charge in [-0.25, -0.2) is 0 Å². The van der Waals surface area contributed by atoms with Gasteiger partial charge in [0, 0.05) is 0 Å². The smallest absolute Gasteiger partial charge is 0.130 e. The number of hydrogen-bond donors (Lipinski definition) is 0. The van der Waals surface area contributed by atoms with Crippen molar-refractivity contribution in [1.29, 1.82) is 0 Å². The first-order chi connectivity index (χ1) is 3.83. The van der Waals surface area contributed by atoms with Crippen LogP contribution in [0, 0.1) is 5.41 Å². The largest absolute Gasteiger partial charge is 0.379 e. The summed E-state index contributed by atoms with van der Waals surface area (Å²) in [5, 5.41) is 0. The van der Waals surface area contributed by atoms with E-state index in [1.807, 2.05) is 0 Å². The SMILES string of the molecule is [B]CC1(C=O)COC1. The lowest BCUT2D eigenvalue weighted by Crippen LogP contribution is -2.43. The summed E-state index contributed by atoms with van der Waals surface area (Å²) in [7, 11) is 5.27. The molecule has 2 radical (unpaired) electrons. The molecular weight excluding hydrogens is 103 g/mol. The molecule has 1 aliphatic heterocycles. The fraction of sp³-hybridized carbons (Fsp3) is 0.800. The average molecular weight is 110 g/mol. The molecule has 3 heteroatoms. The zero-order valence-corrected chi connectivity index (χ0v) is 4.59. The van der Waals surface area contributed by atoms with Gasteiger partial charge in [0.25, 0.3) is 0 Å². The van der Waals surface area contributed by atoms with Gasteiger partial charge in [0.2, 0.25) is 0 Å². The van der Waals surface area contributed by atoms with Crippen LogP contribution in [0.2, 0.25) is 6.32 Å². The highest BCUT2D eigenvalue weighted by molar-refractivity contribution is 6.10. The van der Waals surface area contributed by atoms with E-state index in [4.69, 9.17) is 12.6 Å². The van der Waals surface area contributed by atoms with E-state index < -0.39 is 0 Å². The number of rotatable bonds is 2. The summed E-state index contributed by atoms with van der Waals surface area (Å²) in [6.45, 7) is 1.01. The highest BCUT2D eigenvalue weighted by Crippen LogP contribution is 2.27. The first-order valence-electron chi connectivity index (χ1n) is 2.57. The number of aldehydes is 1. The van der Waals surface area contributed by atoms with E-state index in [1.54, 1.807) is 0 Å². The quantitative estimate of drug-likeness (QED) is 0.363. The molecule has 0 aliphatic carbocycles. The van der Waals surface area contributed by atoms with Gasteiger partial charge >= 0.3 is 0 Å². The minimum Gasteiger partial charge on any atom is -0.379 e. The minimum absolute atomic E-state index is 0.319. The lowest BCUT2D eigenvalue weighted by Gasteiger charge is -2.35. The van der Waals surface area contributed by atoms with Crippen LogP contribution in [-0.2, 0) is 9.53 Å². The molecule has 1 saturated heterocycles. The summed E-state index contributed by atoms with van der Waals surface area (Å²) in [5.74, 6) is 0. The highest BCUT2D eigenvalue weighted by atomic mass is 16.5. The average Bonchev–Trinajstić information content (AvgIpc) is 1.67. The molecule has 1 fully saturated rings. The van der Waals surface area contributed by atoms with Gasteiger partial charge in [0.15, 0.2) is 0 Å². The van der Waals surface area contributed by atoms with Crippen LogP contribution in [0.3, 0.4) is 0 Å². The van der Waals surface area contributed by atoms with Gasteiger partial charge < -0.3 is 9.53 Å². The van der Waals surface area contributed by atoms with Crippen LogP contribution in [-0.4, -0.2) is 27.3 Å². The topological polar surface area (TPSA) is 26.3 Å². The zero-order valence-electron chi connectivity index (χ0n) is 4.59. The Labute approximate surface area is 49.6 Å². The van der Waals surface area contributed by atoms with Gasteiger partial charge in [-0.15, -0.1) is 0 Å². The van der Waals surface area contributed by atoms with E-state index in [0.29, 0.717) is 19.5 Å². The normalized spacial score (nSPS) is 24.0. The Morgan fingerprint density at radius 2 is 2.38 bits per heavy atom. The molecule has 1 aliphatic rings. The van der Waals surface area contributed by atoms with E-state index in [-0.39, 0.29) is 5.41 Å². The van der Waals surface area contributed by atoms with E-state index in [1.165, 1.54) is 0 Å². The van der Waals surface area contributed by atoms with Crippen molar-refractivity contribution < 1.29 is 9.53 Å². The van der Waals surface area contributed by atoms with Gasteiger partial charge in [-0.1, -0.05) is 6.32 Å². The van der Waals surface area contributed by atoms with Gasteiger partial charge in [-0.05, 0) is 0 Å². The maximum absolute atomic E-state index is 10.2. The summed E-state index contributed by atoms with van der Waals surface area (Å²) >= 11 is 0. The summed E-state index contributed by atoms with van der Waals surface area (Å²) in [4.78, 5) is 10.2. The molecule has 42 valence electrons. The fourth-order valence-corrected chi connectivity index (χ4v) is 0.598. The molecule has 2 nitrogen and oxygen atoms in total. The van der Waals surface area contributed by atoms with Crippen molar-refractivity contribution in [1.82, 2.24) is 0 Å². The number of carbonyl (C=O) groups is 1. The molecule has 0 bridgehead atoms. The Morgan fingerprint density at radius 3 is 2.38 bits per heavy atom. The van der Waals surface area contributed by atoms with Crippen LogP contribution < -0.4 is 0 Å². The van der Waals surface area contributed by atoms with Crippen molar-refractivity contribution >= 4 is 14.1 Å². The van der Waals surface area contributed by atoms with Crippen LogP contribution in [0.5, 0.6) is 0 Å². The standard InChI is InChI=1S/C5H7BO2/c6-1-5(2-7)3-8-4-5/h2H,1,3-4H2. The van der Waals surface area contributed by atoms with Crippen molar-refractivity contribution in [2.45, 2.75) is 6.32 Å². The summed E-state index contributed by atoms with van der Waals surface area (Å²) in [5.41, 5.74) is -0.319. The highest BCUT2D eigenvalue weighted by Gasteiger charge is 2.35. The van der Waals surface area contributed by atoms with E-state index in [2.05, 4.69) is 0 Å². The fourth-order valence-electron chi connectivity index (χ4n) is 0.598. The van der Waals surface area contributed by atoms with Crippen LogP contribution in [0.15, 0.2) is 0 Å². The van der Waals surface area contributed by atoms with E-state index >= 15 is 0 Å². The second-order valence-corrected chi connectivity index (χ2v) is 2.18. The summed E-state index contributed by atoms with van der Waals surface area (Å²) in [6, 6.07) is 0. The molecule has 0 aromatic rings. The molecule has 0 aromatic heterocycles. The van der Waals surface area contributed by atoms with Gasteiger partial charge in [0.05, 0.1) is 26.5 Å². The maximum Gasteiger partial charge on any atom is 0.130 e. The van der Waals surface area contributed by atoms with E-state index in [9.17, 15) is 4.79 Å². The number of ether oxygens (including phenoxy) is 1. The third-order valence-electron chi connectivity index (χ3n) is 1.44. The molecule has 0 amide bonds. The monoisotopic (exact) mass is 110 g/mol. The van der Waals surface area contributed by atoms with Crippen molar-refractivity contribution in [2.75, 3.05) is 13.2 Å². The first kappa shape index (κ1) is 5.82. The minimum atomic E-state index is -0.319. The Hall–Kier alpha value is -0.305. The van der Waals surface area contributed by atoms with Crippen molar-refractivity contribution in [3.8, 4) is 0 Å². The van der Waals surface area contributed by atoms with Gasteiger partial charge in [-0.2, -0.15) is 0 Å². The summed E-state index contributed by atoms with van der Waals surface area (Å²) < 4.78 is 4.81. The first-order valence-corrected chi connectivity index (χ1v) is 2.57. The lowest BCUT2D eigenvalue weighted by atomic mass is 9.76. The van der Waals surface area contributed by atoms with Crippen LogP contribution in [0.1, 0.15) is 0 Å². The molecule has 0 aromatic carbocycles. The Balaban J connectivity index is 2.45. The van der Waals surface area contributed by atoms with Crippen LogP contribution >= 0.6 is 0 Å². The molecule has 0 N–H and O–H groups in total. The van der Waals surface area contributed by atoms with Gasteiger partial charge in [-0.3, -0.25) is 0 Å². The molecule has 1 rings (SSSR count). The maximum atomic E-state index is 10.2. The Kier molecular flexibility index (Phi) is 1.38. The predicted octanol–water partition coefficient (Wildman–Crippen LogP) is -0.211. The summed E-state index contributed by atoms with van der Waals surface area (Å²) in [6.07, 6.45) is 1.30. The third-order valence-corrected chi connectivity index (χ3v) is 1.44. The lowest BCUT2D eigenvalue weighted by molar-refractivity contribution is -0.141. The molecule has 0 atom stereocenters. The third kappa shape index (κ3) is 0.669. The second-order valence-electron chi connectivity index (χ2n) is 2.18. The van der Waals surface area contributed by atoms with Crippen LogP contribution in [0.4, 0.5) is 0 Å². The van der Waals surface area contributed by atoms with Crippen LogP contribution in [0.25, 0.3) is 0 Å². The number of hydrogen-bond acceptors (Lipinski definition) is 2. The molecule has 0 spiro atoms. The molecule has 0 saturated carbocycles. The molecule has 1 heterocycles. The molecule has 0 unspecified atom stereocenters. The van der Waals surface area contributed by atoms with Crippen molar-refractivity contribution in [2.24, 2.45) is 5.41 Å². The molecule has 8 heavy (non-hydrogen) atoms. The Morgan fingerprint density at radius 1 is 1.75 bits per heavy atom. The zero-order chi connectivity index (χ0) is 6.04. The predicted molar refractivity (Wildman–Crippen MR) is 29.9 cm³/mol.